The van der Waals surface area contributed by atoms with Gasteiger partial charge in [0.1, 0.15) is 29.6 Å². The lowest BCUT2D eigenvalue weighted by molar-refractivity contribution is -0.157. The van der Waals surface area contributed by atoms with Crippen LogP contribution in [0.2, 0.25) is 0 Å². The predicted octanol–water partition coefficient (Wildman–Crippen LogP) is 1.28. The first kappa shape index (κ1) is 23.8. The normalized spacial score (nSPS) is 21.7. The van der Waals surface area contributed by atoms with Crippen molar-refractivity contribution < 1.29 is 38.2 Å². The number of aromatic nitrogens is 1. The van der Waals surface area contributed by atoms with Crippen LogP contribution in [0.15, 0.2) is 17.4 Å². The number of esters is 2. The third-order valence-electron chi connectivity index (χ3n) is 5.27. The minimum Gasteiger partial charge on any atom is -0.492 e. The predicted molar refractivity (Wildman–Crippen MR) is 111 cm³/mol. The molecule has 1 N–H and O–H groups in total. The van der Waals surface area contributed by atoms with Crippen molar-refractivity contribution in [2.45, 2.75) is 32.0 Å². The number of nitrogens with one attached hydrogen (secondary N) is 1. The fraction of sp³-hybridized carbons (Fsp3) is 0.450. The number of fused-ring (bicyclic) bond motifs is 3. The van der Waals surface area contributed by atoms with Crippen LogP contribution < -0.4 is 5.32 Å². The second-order valence-electron chi connectivity index (χ2n) is 7.37. The van der Waals surface area contributed by atoms with Crippen molar-refractivity contribution in [2.75, 3.05) is 25.5 Å². The number of allylic oxidation sites excluding steroid dienone is 2. The lowest BCUT2D eigenvalue weighted by Gasteiger charge is -2.34. The average Bonchev–Trinajstić information content (AvgIpc) is 3.24. The van der Waals surface area contributed by atoms with Crippen LogP contribution in [0.1, 0.15) is 46.5 Å². The minimum absolute atomic E-state index is 0.0612. The van der Waals surface area contributed by atoms with E-state index in [2.05, 4.69) is 5.32 Å². The number of ketones is 2. The van der Waals surface area contributed by atoms with Gasteiger partial charge >= 0.3 is 11.9 Å². The molecule has 1 aromatic rings. The third kappa shape index (κ3) is 3.88. The maximum Gasteiger partial charge on any atom is 0.321 e. The molecule has 32 heavy (non-hydrogen) atoms. The van der Waals surface area contributed by atoms with E-state index in [0.717, 1.165) is 0 Å². The highest BCUT2D eigenvalue weighted by molar-refractivity contribution is 6.27. The summed E-state index contributed by atoms with van der Waals surface area (Å²) >= 11 is 11.1. The van der Waals surface area contributed by atoms with Crippen LogP contribution in [0, 0.1) is 0 Å². The Balaban J connectivity index is 2.15. The zero-order valence-electron chi connectivity index (χ0n) is 17.5. The molecule has 0 saturated heterocycles. The van der Waals surface area contributed by atoms with Crippen molar-refractivity contribution in [3.63, 3.8) is 0 Å². The summed E-state index contributed by atoms with van der Waals surface area (Å²) in [5.74, 6) is -4.02. The van der Waals surface area contributed by atoms with Gasteiger partial charge in [0.25, 0.3) is 0 Å². The number of nitrogens with zero attached hydrogens (tertiary/aromatic N) is 1. The molecule has 172 valence electrons. The number of hydrogen-bond donors (Lipinski definition) is 1. The lowest BCUT2D eigenvalue weighted by atomic mass is 9.90. The topological polar surface area (TPSA) is 130 Å². The Hall–Kier alpha value is -2.85. The molecule has 0 fully saturated rings. The molecule has 12 heteroatoms. The fourth-order valence-electron chi connectivity index (χ4n) is 4.04. The Kier molecular flexibility index (Phi) is 6.66. The zero-order valence-corrected chi connectivity index (χ0v) is 19.0. The third-order valence-corrected chi connectivity index (χ3v) is 5.71. The fourth-order valence-corrected chi connectivity index (χ4v) is 4.18. The van der Waals surface area contributed by atoms with Gasteiger partial charge in [-0.25, -0.2) is 0 Å². The Morgan fingerprint density at radius 1 is 1.19 bits per heavy atom. The number of Topliss-reactive ketones (excluding diaryl/α,β-unsaturated/α-hetero) is 2. The van der Waals surface area contributed by atoms with Crippen LogP contribution in [0.3, 0.4) is 0 Å². The first-order valence-corrected chi connectivity index (χ1v) is 10.5. The summed E-state index contributed by atoms with van der Waals surface area (Å²) in [6.45, 7) is 2.17. The molecule has 0 saturated carbocycles. The lowest BCUT2D eigenvalue weighted by Crippen LogP contribution is -2.56. The van der Waals surface area contributed by atoms with Gasteiger partial charge in [-0.2, -0.15) is 0 Å². The van der Waals surface area contributed by atoms with Crippen molar-refractivity contribution in [3.05, 3.63) is 34.3 Å². The Morgan fingerprint density at radius 2 is 1.84 bits per heavy atom. The average molecular weight is 487 g/mol. The molecule has 10 nitrogen and oxygen atoms in total. The molecule has 2 heterocycles. The maximum absolute atomic E-state index is 13.1. The smallest absolute Gasteiger partial charge is 0.321 e. The molecule has 1 amide bonds. The summed E-state index contributed by atoms with van der Waals surface area (Å²) in [7, 11) is 1.29. The van der Waals surface area contributed by atoms with Crippen molar-refractivity contribution in [1.29, 1.82) is 0 Å². The van der Waals surface area contributed by atoms with Crippen LogP contribution in [-0.2, 0) is 35.1 Å². The van der Waals surface area contributed by atoms with Crippen LogP contribution in [-0.4, -0.2) is 65.0 Å². The SMILES string of the molecule is COC1=C(C)C(=O)c2c(cc3n2CC(COC(=O)CCl)(NC(C)=O)C3OC(=O)CCl)C1=O. The van der Waals surface area contributed by atoms with Crippen LogP contribution in [0.25, 0.3) is 0 Å². The number of carbonyl (C=O) groups is 5. The van der Waals surface area contributed by atoms with Gasteiger partial charge in [0, 0.05) is 12.5 Å². The number of rotatable bonds is 7. The highest BCUT2D eigenvalue weighted by Crippen LogP contribution is 2.43. The molecule has 0 aromatic carbocycles. The molecule has 1 aromatic heterocycles. The van der Waals surface area contributed by atoms with E-state index < -0.39 is 59.4 Å². The largest absolute Gasteiger partial charge is 0.492 e. The van der Waals surface area contributed by atoms with Gasteiger partial charge in [-0.05, 0) is 13.0 Å². The maximum atomic E-state index is 13.1. The molecule has 2 unspecified atom stereocenters. The van der Waals surface area contributed by atoms with Gasteiger partial charge in [0.2, 0.25) is 17.5 Å². The Morgan fingerprint density at radius 3 is 2.41 bits per heavy atom. The summed E-state index contributed by atoms with van der Waals surface area (Å²) in [6.07, 6.45) is -1.21. The van der Waals surface area contributed by atoms with E-state index in [9.17, 15) is 24.0 Å². The van der Waals surface area contributed by atoms with Gasteiger partial charge in [0.15, 0.2) is 11.9 Å². The molecular formula is C20H20Cl2N2O8. The second-order valence-corrected chi connectivity index (χ2v) is 7.90. The monoisotopic (exact) mass is 486 g/mol. The standard InChI is InChI=1S/C20H20Cl2N2O8/c1-9-16(28)15-11(17(29)18(9)30-3)4-12-19(32-14(27)6-22)20(7-24(12)15,23-10(2)25)8-31-13(26)5-21/h4,19H,5-8H2,1-3H3,(H,23,25). The first-order chi connectivity index (χ1) is 15.1. The molecule has 2 atom stereocenters. The van der Waals surface area contributed by atoms with Gasteiger partial charge in [-0.15, -0.1) is 23.2 Å². The summed E-state index contributed by atoms with van der Waals surface area (Å²) in [5.41, 5.74) is -0.941. The van der Waals surface area contributed by atoms with E-state index in [1.807, 2.05) is 0 Å². The quantitative estimate of drug-likeness (QED) is 0.450. The molecule has 3 rings (SSSR count). The Bertz CT molecular complexity index is 1060. The molecular weight excluding hydrogens is 467 g/mol. The van der Waals surface area contributed by atoms with E-state index in [0.29, 0.717) is 0 Å². The number of ether oxygens (including phenoxy) is 3. The number of amides is 1. The van der Waals surface area contributed by atoms with E-state index in [-0.39, 0.29) is 34.8 Å². The van der Waals surface area contributed by atoms with E-state index >= 15 is 0 Å². The summed E-state index contributed by atoms with van der Waals surface area (Å²) in [4.78, 5) is 61.8. The molecule has 0 bridgehead atoms. The first-order valence-electron chi connectivity index (χ1n) is 9.43. The van der Waals surface area contributed by atoms with Gasteiger partial charge in [-0.3, -0.25) is 24.0 Å². The van der Waals surface area contributed by atoms with Gasteiger partial charge in [-0.1, -0.05) is 0 Å². The number of hydrogen-bond acceptors (Lipinski definition) is 8. The van der Waals surface area contributed by atoms with Crippen molar-refractivity contribution in [3.8, 4) is 0 Å². The number of halogens is 2. The van der Waals surface area contributed by atoms with Crippen molar-refractivity contribution in [1.82, 2.24) is 9.88 Å². The van der Waals surface area contributed by atoms with Crippen molar-refractivity contribution in [2.24, 2.45) is 0 Å². The van der Waals surface area contributed by atoms with Crippen LogP contribution in [0.5, 0.6) is 0 Å². The highest BCUT2D eigenvalue weighted by atomic mass is 35.5. The molecule has 0 radical (unpaired) electrons. The van der Waals surface area contributed by atoms with E-state index in [4.69, 9.17) is 37.4 Å². The molecule has 2 aliphatic rings. The van der Waals surface area contributed by atoms with Crippen molar-refractivity contribution >= 4 is 52.6 Å². The molecule has 0 spiro atoms. The van der Waals surface area contributed by atoms with Crippen LogP contribution >= 0.6 is 23.2 Å². The Labute approximate surface area is 192 Å². The summed E-state index contributed by atoms with van der Waals surface area (Å²) < 4.78 is 17.2. The minimum atomic E-state index is -1.46. The number of methoxy groups -OCH3 is 1. The number of alkyl halides is 2. The van der Waals surface area contributed by atoms with Crippen LogP contribution in [0.4, 0.5) is 0 Å². The van der Waals surface area contributed by atoms with E-state index in [1.54, 1.807) is 0 Å². The molecule has 1 aliphatic heterocycles. The highest BCUT2D eigenvalue weighted by Gasteiger charge is 2.54. The van der Waals surface area contributed by atoms with Gasteiger partial charge < -0.3 is 24.1 Å². The second kappa shape index (κ2) is 8.95. The number of carbonyl (C=O) groups excluding carboxylic acids is 5. The zero-order chi connectivity index (χ0) is 23.8. The molecule has 1 aliphatic carbocycles. The van der Waals surface area contributed by atoms with Gasteiger partial charge in [0.05, 0.1) is 24.9 Å². The van der Waals surface area contributed by atoms with E-state index in [1.165, 1.54) is 31.6 Å². The summed E-state index contributed by atoms with van der Waals surface area (Å²) in [5, 5.41) is 2.68. The summed E-state index contributed by atoms with van der Waals surface area (Å²) in [6, 6.07) is 1.40.